The lowest BCUT2D eigenvalue weighted by atomic mass is 10.2. The van der Waals surface area contributed by atoms with Gasteiger partial charge >= 0.3 is 0 Å². The van der Waals surface area contributed by atoms with E-state index in [1.807, 2.05) is 24.3 Å². The van der Waals surface area contributed by atoms with Crippen LogP contribution in [0, 0.1) is 5.82 Å². The third-order valence-corrected chi connectivity index (χ3v) is 2.56. The average Bonchev–Trinajstić information content (AvgIpc) is 2.38. The van der Waals surface area contributed by atoms with Crippen molar-refractivity contribution in [1.29, 1.82) is 0 Å². The molecular weight excluding hydrogens is 231 g/mol. The number of methoxy groups -OCH3 is 1. The van der Waals surface area contributed by atoms with Gasteiger partial charge in [-0.3, -0.25) is 4.98 Å². The summed E-state index contributed by atoms with van der Waals surface area (Å²) in [5.41, 5.74) is 2.87. The number of halogens is 1. The van der Waals surface area contributed by atoms with E-state index in [4.69, 9.17) is 4.74 Å². The molecule has 3 nitrogen and oxygen atoms in total. The lowest BCUT2D eigenvalue weighted by Gasteiger charge is -2.11. The van der Waals surface area contributed by atoms with Gasteiger partial charge in [-0.15, -0.1) is 0 Å². The van der Waals surface area contributed by atoms with Crippen LogP contribution in [0.1, 0.15) is 11.1 Å². The molecule has 1 N–H and O–H groups in total. The average molecular weight is 246 g/mol. The first-order chi connectivity index (χ1) is 8.79. The molecule has 0 fully saturated rings. The van der Waals surface area contributed by atoms with Crippen LogP contribution >= 0.6 is 0 Å². The van der Waals surface area contributed by atoms with Crippen LogP contribution in [-0.2, 0) is 17.9 Å². The van der Waals surface area contributed by atoms with E-state index in [1.165, 1.54) is 12.3 Å². The van der Waals surface area contributed by atoms with Crippen molar-refractivity contribution in [2.75, 3.05) is 12.4 Å². The van der Waals surface area contributed by atoms with Crippen molar-refractivity contribution < 1.29 is 9.13 Å². The minimum Gasteiger partial charge on any atom is -0.381 e. The molecule has 94 valence electrons. The molecule has 0 aliphatic rings. The van der Waals surface area contributed by atoms with Gasteiger partial charge in [0.05, 0.1) is 12.8 Å². The summed E-state index contributed by atoms with van der Waals surface area (Å²) in [6.07, 6.45) is 2.84. The number of anilines is 1. The Kier molecular flexibility index (Phi) is 4.25. The molecule has 1 aromatic carbocycles. The van der Waals surface area contributed by atoms with E-state index in [0.29, 0.717) is 13.2 Å². The van der Waals surface area contributed by atoms with Crippen LogP contribution in [0.3, 0.4) is 0 Å². The number of nitrogens with zero attached hydrogens (tertiary/aromatic N) is 1. The van der Waals surface area contributed by atoms with E-state index in [0.717, 1.165) is 16.8 Å². The normalized spacial score (nSPS) is 10.3. The Hall–Kier alpha value is -1.94. The van der Waals surface area contributed by atoms with Crippen LogP contribution in [0.15, 0.2) is 42.7 Å². The molecule has 0 radical (unpaired) electrons. The molecule has 0 spiro atoms. The Morgan fingerprint density at radius 3 is 2.89 bits per heavy atom. The Labute approximate surface area is 106 Å². The van der Waals surface area contributed by atoms with E-state index in [2.05, 4.69) is 10.3 Å². The first kappa shape index (κ1) is 12.5. The van der Waals surface area contributed by atoms with Gasteiger partial charge in [-0.2, -0.15) is 0 Å². The molecule has 1 heterocycles. The maximum Gasteiger partial charge on any atom is 0.141 e. The van der Waals surface area contributed by atoms with Gasteiger partial charge in [0.25, 0.3) is 0 Å². The first-order valence-electron chi connectivity index (χ1n) is 5.70. The molecule has 0 unspecified atom stereocenters. The molecular formula is C14H15FN2O. The largest absolute Gasteiger partial charge is 0.381 e. The maximum absolute atomic E-state index is 13.0. The van der Waals surface area contributed by atoms with Crippen LogP contribution in [0.4, 0.5) is 10.1 Å². The maximum atomic E-state index is 13.0. The van der Waals surface area contributed by atoms with Gasteiger partial charge in [0.2, 0.25) is 0 Å². The van der Waals surface area contributed by atoms with Gasteiger partial charge in [-0.1, -0.05) is 18.2 Å². The topological polar surface area (TPSA) is 34.1 Å². The number of aromatic nitrogens is 1. The van der Waals surface area contributed by atoms with Crippen LogP contribution < -0.4 is 5.32 Å². The summed E-state index contributed by atoms with van der Waals surface area (Å²) in [7, 11) is 1.66. The lowest BCUT2D eigenvalue weighted by Crippen LogP contribution is -2.03. The molecule has 0 atom stereocenters. The van der Waals surface area contributed by atoms with E-state index in [-0.39, 0.29) is 5.82 Å². The molecule has 0 aliphatic carbocycles. The highest BCUT2D eigenvalue weighted by Crippen LogP contribution is 2.16. The molecule has 0 saturated carbocycles. The molecule has 0 aliphatic heterocycles. The minimum atomic E-state index is -0.320. The van der Waals surface area contributed by atoms with Crippen molar-refractivity contribution in [3.8, 4) is 0 Å². The lowest BCUT2D eigenvalue weighted by molar-refractivity contribution is 0.185. The predicted molar refractivity (Wildman–Crippen MR) is 68.7 cm³/mol. The minimum absolute atomic E-state index is 0.320. The molecule has 0 bridgehead atoms. The van der Waals surface area contributed by atoms with E-state index < -0.39 is 0 Å². The van der Waals surface area contributed by atoms with E-state index >= 15 is 0 Å². The summed E-state index contributed by atoms with van der Waals surface area (Å²) in [4.78, 5) is 3.82. The summed E-state index contributed by atoms with van der Waals surface area (Å²) in [5, 5.41) is 3.25. The van der Waals surface area contributed by atoms with Gasteiger partial charge in [-0.25, -0.2) is 4.39 Å². The van der Waals surface area contributed by atoms with Crippen LogP contribution in [0.5, 0.6) is 0 Å². The monoisotopic (exact) mass is 246 g/mol. The number of para-hydroxylation sites is 1. The Morgan fingerprint density at radius 2 is 2.11 bits per heavy atom. The van der Waals surface area contributed by atoms with Crippen molar-refractivity contribution in [3.63, 3.8) is 0 Å². The van der Waals surface area contributed by atoms with Gasteiger partial charge in [0.15, 0.2) is 0 Å². The van der Waals surface area contributed by atoms with Crippen LogP contribution in [0.25, 0.3) is 0 Å². The third-order valence-electron chi connectivity index (χ3n) is 2.56. The van der Waals surface area contributed by atoms with Gasteiger partial charge in [0.1, 0.15) is 5.82 Å². The van der Waals surface area contributed by atoms with Crippen molar-refractivity contribution in [2.24, 2.45) is 0 Å². The highest BCUT2D eigenvalue weighted by Gasteiger charge is 2.01. The van der Waals surface area contributed by atoms with Gasteiger partial charge < -0.3 is 10.1 Å². The number of nitrogens with one attached hydrogen (secondary N) is 1. The zero-order valence-corrected chi connectivity index (χ0v) is 10.2. The Balaban J connectivity index is 2.06. The second-order valence-electron chi connectivity index (χ2n) is 3.96. The summed E-state index contributed by atoms with van der Waals surface area (Å²) in [6, 6.07) is 9.35. The highest BCUT2D eigenvalue weighted by molar-refractivity contribution is 5.51. The zero-order valence-electron chi connectivity index (χ0n) is 10.2. The summed E-state index contributed by atoms with van der Waals surface area (Å²) in [6.45, 7) is 1.08. The fourth-order valence-electron chi connectivity index (χ4n) is 1.72. The molecule has 1 aromatic heterocycles. The molecule has 2 rings (SSSR count). The van der Waals surface area contributed by atoms with Crippen molar-refractivity contribution >= 4 is 5.69 Å². The number of hydrogen-bond acceptors (Lipinski definition) is 3. The second kappa shape index (κ2) is 6.12. The van der Waals surface area contributed by atoms with Gasteiger partial charge in [-0.05, 0) is 17.7 Å². The fourth-order valence-corrected chi connectivity index (χ4v) is 1.72. The molecule has 4 heteroatoms. The van der Waals surface area contributed by atoms with Crippen LogP contribution in [-0.4, -0.2) is 12.1 Å². The number of ether oxygens (including phenoxy) is 1. The summed E-state index contributed by atoms with van der Waals surface area (Å²) in [5.74, 6) is -0.320. The smallest absolute Gasteiger partial charge is 0.141 e. The van der Waals surface area contributed by atoms with Crippen molar-refractivity contribution in [2.45, 2.75) is 13.2 Å². The predicted octanol–water partition coefficient (Wildman–Crippen LogP) is 2.98. The number of pyridine rings is 1. The van der Waals surface area contributed by atoms with Crippen molar-refractivity contribution in [3.05, 3.63) is 59.7 Å². The molecule has 0 saturated heterocycles. The van der Waals surface area contributed by atoms with Crippen molar-refractivity contribution in [1.82, 2.24) is 4.98 Å². The molecule has 18 heavy (non-hydrogen) atoms. The molecule has 0 amide bonds. The number of benzene rings is 1. The Bertz CT molecular complexity index is 517. The standard InChI is InChI=1S/C14H15FN2O/c1-18-10-12-4-2-3-5-14(12)17-8-11-6-13(15)9-16-7-11/h2-7,9,17H,8,10H2,1H3. The third kappa shape index (κ3) is 3.28. The summed E-state index contributed by atoms with van der Waals surface area (Å²) < 4.78 is 18.1. The fraction of sp³-hybridized carbons (Fsp3) is 0.214. The molecule has 2 aromatic rings. The second-order valence-corrected chi connectivity index (χ2v) is 3.96. The quantitative estimate of drug-likeness (QED) is 0.880. The Morgan fingerprint density at radius 1 is 1.28 bits per heavy atom. The SMILES string of the molecule is COCc1ccccc1NCc1cncc(F)c1. The zero-order chi connectivity index (χ0) is 12.8. The van der Waals surface area contributed by atoms with Gasteiger partial charge in [0, 0.05) is 31.1 Å². The van der Waals surface area contributed by atoms with Crippen LogP contribution in [0.2, 0.25) is 0 Å². The van der Waals surface area contributed by atoms with E-state index in [1.54, 1.807) is 13.3 Å². The number of hydrogen-bond donors (Lipinski definition) is 1. The number of rotatable bonds is 5. The highest BCUT2D eigenvalue weighted by atomic mass is 19.1. The van der Waals surface area contributed by atoms with E-state index in [9.17, 15) is 4.39 Å². The summed E-state index contributed by atoms with van der Waals surface area (Å²) >= 11 is 0. The first-order valence-corrected chi connectivity index (χ1v) is 5.70.